The lowest BCUT2D eigenvalue weighted by atomic mass is 10.2. The van der Waals surface area contributed by atoms with E-state index in [1.807, 2.05) is 73.7 Å². The summed E-state index contributed by atoms with van der Waals surface area (Å²) in [6.07, 6.45) is 0. The molecule has 0 aliphatic rings. The van der Waals surface area contributed by atoms with Crippen LogP contribution < -0.4 is 5.32 Å². The van der Waals surface area contributed by atoms with E-state index in [2.05, 4.69) is 31.5 Å². The van der Waals surface area contributed by atoms with Crippen LogP contribution in [0.15, 0.2) is 81.4 Å². The van der Waals surface area contributed by atoms with Crippen LogP contribution in [0.1, 0.15) is 11.1 Å². The number of nitrogens with zero attached hydrogens (tertiary/aromatic N) is 3. The first kappa shape index (κ1) is 21.5. The molecule has 0 bridgehead atoms. The van der Waals surface area contributed by atoms with E-state index in [1.54, 1.807) is 4.57 Å². The van der Waals surface area contributed by atoms with E-state index in [0.717, 1.165) is 32.2 Å². The first-order valence-electron chi connectivity index (χ1n) is 9.46. The molecule has 0 amide bonds. The van der Waals surface area contributed by atoms with E-state index in [1.165, 1.54) is 0 Å². The van der Waals surface area contributed by atoms with E-state index >= 15 is 0 Å². The molecule has 0 spiro atoms. The number of azo groups is 1. The van der Waals surface area contributed by atoms with Crippen molar-refractivity contribution in [3.8, 4) is 5.88 Å². The number of aromatic hydroxyl groups is 1. The number of fused-ring (bicyclic) bond motifs is 1. The van der Waals surface area contributed by atoms with Gasteiger partial charge in [-0.1, -0.05) is 57.9 Å². The third-order valence-corrected chi connectivity index (χ3v) is 5.78. The fraction of sp³-hybridized carbons (Fsp3) is 0.0870. The number of hydrogen-bond donors (Lipinski definition) is 2. The molecule has 1 heterocycles. The Morgan fingerprint density at radius 3 is 2.61 bits per heavy atom. The highest BCUT2D eigenvalue weighted by Crippen LogP contribution is 2.40. The van der Waals surface area contributed by atoms with E-state index in [-0.39, 0.29) is 11.0 Å². The van der Waals surface area contributed by atoms with Gasteiger partial charge in [-0.3, -0.25) is 0 Å². The van der Waals surface area contributed by atoms with Crippen molar-refractivity contribution in [1.82, 2.24) is 4.57 Å². The van der Waals surface area contributed by atoms with Crippen LogP contribution >= 0.6 is 39.7 Å². The maximum absolute atomic E-state index is 11.0. The van der Waals surface area contributed by atoms with E-state index < -0.39 is 0 Å². The first-order chi connectivity index (χ1) is 14.9. The third-order valence-electron chi connectivity index (χ3n) is 4.85. The lowest BCUT2D eigenvalue weighted by Crippen LogP contribution is -2.06. The summed E-state index contributed by atoms with van der Waals surface area (Å²) in [4.78, 5) is 0. The van der Waals surface area contributed by atoms with Gasteiger partial charge in [0.25, 0.3) is 0 Å². The summed E-state index contributed by atoms with van der Waals surface area (Å²) >= 11 is 14.8. The van der Waals surface area contributed by atoms with Gasteiger partial charge in [-0.15, -0.1) is 10.2 Å². The minimum Gasteiger partial charge on any atom is -0.493 e. The molecule has 31 heavy (non-hydrogen) atoms. The van der Waals surface area contributed by atoms with Gasteiger partial charge in [0.1, 0.15) is 0 Å². The summed E-state index contributed by atoms with van der Waals surface area (Å²) in [5.74, 6) is 0.0190. The number of aromatic nitrogens is 1. The van der Waals surface area contributed by atoms with E-state index in [0.29, 0.717) is 17.3 Å². The van der Waals surface area contributed by atoms with Crippen molar-refractivity contribution < 1.29 is 5.11 Å². The molecule has 8 heteroatoms. The number of nitrogens with one attached hydrogen (secondary N) is 1. The van der Waals surface area contributed by atoms with Crippen molar-refractivity contribution in [2.75, 3.05) is 5.32 Å². The molecule has 156 valence electrons. The van der Waals surface area contributed by atoms with Gasteiger partial charge >= 0.3 is 0 Å². The molecule has 0 atom stereocenters. The topological polar surface area (TPSA) is 61.9 Å². The van der Waals surface area contributed by atoms with Crippen LogP contribution in [0.2, 0.25) is 5.02 Å². The summed E-state index contributed by atoms with van der Waals surface area (Å²) in [6.45, 7) is 2.44. The Hall–Kier alpha value is -2.74. The molecule has 0 radical (unpaired) electrons. The van der Waals surface area contributed by atoms with Gasteiger partial charge in [0.15, 0.2) is 5.69 Å². The standard InChI is InChI=1S/C23H18BrClN4OS/c1-14-4-2-3-5-19(14)26-23(31)28-27-21-18-12-16(24)8-11-20(18)29(22(21)30)13-15-6-9-17(25)10-7-15/h2-12,30H,13H2,1H3,(H,26,31). The van der Waals surface area contributed by atoms with Gasteiger partial charge in [-0.05, 0) is 66.7 Å². The van der Waals surface area contributed by atoms with Gasteiger partial charge in [-0.25, -0.2) is 0 Å². The van der Waals surface area contributed by atoms with Crippen LogP contribution in [-0.2, 0) is 6.54 Å². The summed E-state index contributed by atoms with van der Waals surface area (Å²) in [6, 6.07) is 21.0. The van der Waals surface area contributed by atoms with Crippen molar-refractivity contribution in [3.63, 3.8) is 0 Å². The summed E-state index contributed by atoms with van der Waals surface area (Å²) in [7, 11) is 0. The number of para-hydroxylation sites is 1. The Balaban J connectivity index is 1.68. The maximum Gasteiger partial charge on any atom is 0.221 e. The highest BCUT2D eigenvalue weighted by Gasteiger charge is 2.17. The SMILES string of the molecule is Cc1ccccc1NC(=S)N=Nc1c(O)n(Cc2ccc(Cl)cc2)c2ccc(Br)cc12. The second-order valence-corrected chi connectivity index (χ2v) is 8.73. The van der Waals surface area contributed by atoms with Gasteiger partial charge in [0.2, 0.25) is 11.0 Å². The minimum atomic E-state index is 0.0190. The van der Waals surface area contributed by atoms with Gasteiger partial charge in [0, 0.05) is 20.6 Å². The van der Waals surface area contributed by atoms with Crippen LogP contribution in [0.3, 0.4) is 0 Å². The zero-order valence-electron chi connectivity index (χ0n) is 16.5. The molecule has 0 saturated carbocycles. The molecule has 0 unspecified atom stereocenters. The molecule has 1 aromatic heterocycles. The number of aryl methyl sites for hydroxylation is 1. The molecular formula is C23H18BrClN4OS. The Bertz CT molecular complexity index is 1300. The molecule has 0 saturated heterocycles. The van der Waals surface area contributed by atoms with Crippen LogP contribution in [0.25, 0.3) is 10.9 Å². The predicted molar refractivity (Wildman–Crippen MR) is 134 cm³/mol. The molecule has 5 nitrogen and oxygen atoms in total. The largest absolute Gasteiger partial charge is 0.493 e. The van der Waals surface area contributed by atoms with E-state index in [4.69, 9.17) is 23.8 Å². The molecule has 4 rings (SSSR count). The van der Waals surface area contributed by atoms with Gasteiger partial charge in [-0.2, -0.15) is 0 Å². The molecule has 0 aliphatic carbocycles. The number of benzene rings is 3. The quantitative estimate of drug-likeness (QED) is 0.218. The molecule has 0 aliphatic heterocycles. The molecular weight excluding hydrogens is 496 g/mol. The zero-order valence-corrected chi connectivity index (χ0v) is 19.7. The smallest absolute Gasteiger partial charge is 0.221 e. The van der Waals surface area contributed by atoms with Crippen molar-refractivity contribution in [2.45, 2.75) is 13.5 Å². The van der Waals surface area contributed by atoms with Gasteiger partial charge < -0.3 is 15.0 Å². The normalized spacial score (nSPS) is 11.3. The number of thiocarbonyl (C=S) groups is 1. The first-order valence-corrected chi connectivity index (χ1v) is 11.0. The lowest BCUT2D eigenvalue weighted by Gasteiger charge is -2.07. The fourth-order valence-electron chi connectivity index (χ4n) is 3.28. The number of rotatable bonds is 4. The Kier molecular flexibility index (Phi) is 6.36. The molecule has 4 aromatic rings. The van der Waals surface area contributed by atoms with Crippen molar-refractivity contribution in [1.29, 1.82) is 0 Å². The van der Waals surface area contributed by atoms with Crippen molar-refractivity contribution >= 4 is 67.1 Å². The Morgan fingerprint density at radius 2 is 1.87 bits per heavy atom. The molecule has 3 aromatic carbocycles. The number of hydrogen-bond acceptors (Lipinski definition) is 3. The Morgan fingerprint density at radius 1 is 1.13 bits per heavy atom. The lowest BCUT2D eigenvalue weighted by molar-refractivity contribution is 0.429. The highest BCUT2D eigenvalue weighted by molar-refractivity contribution is 9.10. The monoisotopic (exact) mass is 512 g/mol. The second kappa shape index (κ2) is 9.18. The minimum absolute atomic E-state index is 0.0190. The summed E-state index contributed by atoms with van der Waals surface area (Å²) in [5.41, 5.74) is 4.11. The van der Waals surface area contributed by atoms with E-state index in [9.17, 15) is 5.11 Å². The Labute approximate surface area is 198 Å². The highest BCUT2D eigenvalue weighted by atomic mass is 79.9. The van der Waals surface area contributed by atoms with Crippen LogP contribution in [0.5, 0.6) is 5.88 Å². The predicted octanol–water partition coefficient (Wildman–Crippen LogP) is 7.60. The molecule has 2 N–H and O–H groups in total. The second-order valence-electron chi connectivity index (χ2n) is 6.99. The zero-order chi connectivity index (χ0) is 22.0. The average molecular weight is 514 g/mol. The van der Waals surface area contributed by atoms with Crippen LogP contribution in [-0.4, -0.2) is 14.8 Å². The third kappa shape index (κ3) is 4.79. The van der Waals surface area contributed by atoms with Crippen molar-refractivity contribution in [2.24, 2.45) is 10.2 Å². The number of anilines is 1. The average Bonchev–Trinajstić information content (AvgIpc) is 3.00. The molecule has 0 fully saturated rings. The summed E-state index contributed by atoms with van der Waals surface area (Å²) in [5, 5.41) is 24.1. The maximum atomic E-state index is 11.0. The number of halogens is 2. The fourth-order valence-corrected chi connectivity index (χ4v) is 3.91. The summed E-state index contributed by atoms with van der Waals surface area (Å²) < 4.78 is 2.66. The van der Waals surface area contributed by atoms with Crippen LogP contribution in [0.4, 0.5) is 11.4 Å². The van der Waals surface area contributed by atoms with Gasteiger partial charge in [0.05, 0.1) is 12.1 Å². The van der Waals surface area contributed by atoms with Crippen molar-refractivity contribution in [3.05, 3.63) is 87.4 Å². The van der Waals surface area contributed by atoms with Crippen LogP contribution in [0, 0.1) is 6.92 Å².